The van der Waals surface area contributed by atoms with Crippen LogP contribution in [0.1, 0.15) is 12.5 Å². The molecule has 4 heteroatoms. The first kappa shape index (κ1) is 13.7. The summed E-state index contributed by atoms with van der Waals surface area (Å²) in [4.78, 5) is 10.9. The van der Waals surface area contributed by atoms with E-state index in [9.17, 15) is 4.79 Å². The van der Waals surface area contributed by atoms with E-state index in [0.717, 1.165) is 22.2 Å². The number of rotatable bonds is 3. The van der Waals surface area contributed by atoms with E-state index in [1.54, 1.807) is 0 Å². The van der Waals surface area contributed by atoms with Crippen molar-refractivity contribution in [1.29, 1.82) is 0 Å². The van der Waals surface area contributed by atoms with Crippen molar-refractivity contribution in [3.8, 4) is 5.69 Å². The Bertz CT molecular complexity index is 790. The predicted octanol–water partition coefficient (Wildman–Crippen LogP) is 4.35. The number of halogens is 1. The minimum absolute atomic E-state index is 0.275. The van der Waals surface area contributed by atoms with Crippen LogP contribution in [0.2, 0.25) is 5.02 Å². The van der Waals surface area contributed by atoms with Crippen molar-refractivity contribution in [2.45, 2.75) is 13.5 Å². The van der Waals surface area contributed by atoms with Gasteiger partial charge in [-0.25, -0.2) is 0 Å². The van der Waals surface area contributed by atoms with Gasteiger partial charge in [-0.2, -0.15) is 0 Å². The van der Waals surface area contributed by atoms with Crippen molar-refractivity contribution in [3.63, 3.8) is 0 Å². The lowest BCUT2D eigenvalue weighted by Gasteiger charge is -2.07. The fourth-order valence-electron chi connectivity index (χ4n) is 2.28. The minimum Gasteiger partial charge on any atom is -0.461 e. The second-order valence-corrected chi connectivity index (χ2v) is 5.27. The third-order valence-electron chi connectivity index (χ3n) is 3.30. The van der Waals surface area contributed by atoms with E-state index in [4.69, 9.17) is 16.3 Å². The van der Waals surface area contributed by atoms with Crippen LogP contribution in [0, 0.1) is 0 Å². The zero-order valence-corrected chi connectivity index (χ0v) is 12.3. The summed E-state index contributed by atoms with van der Waals surface area (Å²) in [5.74, 6) is -0.275. The maximum absolute atomic E-state index is 10.9. The molecule has 3 rings (SSSR count). The monoisotopic (exact) mass is 299 g/mol. The number of nitrogens with zero attached hydrogens (tertiary/aromatic N) is 1. The van der Waals surface area contributed by atoms with Crippen LogP contribution in [-0.4, -0.2) is 10.5 Å². The van der Waals surface area contributed by atoms with Crippen LogP contribution in [0.3, 0.4) is 0 Å². The Balaban J connectivity index is 2.01. The van der Waals surface area contributed by atoms with Gasteiger partial charge in [0.25, 0.3) is 0 Å². The molecule has 0 saturated heterocycles. The number of fused-ring (bicyclic) bond motifs is 1. The van der Waals surface area contributed by atoms with Gasteiger partial charge >= 0.3 is 5.97 Å². The third-order valence-corrected chi connectivity index (χ3v) is 3.56. The maximum Gasteiger partial charge on any atom is 0.302 e. The van der Waals surface area contributed by atoms with Crippen molar-refractivity contribution < 1.29 is 9.53 Å². The first-order valence-electron chi connectivity index (χ1n) is 6.63. The lowest BCUT2D eigenvalue weighted by atomic mass is 10.2. The van der Waals surface area contributed by atoms with Gasteiger partial charge in [0, 0.05) is 23.8 Å². The van der Waals surface area contributed by atoms with Crippen molar-refractivity contribution in [1.82, 2.24) is 4.57 Å². The molecule has 3 nitrogen and oxygen atoms in total. The van der Waals surface area contributed by atoms with Gasteiger partial charge in [-0.05, 0) is 47.3 Å². The quantitative estimate of drug-likeness (QED) is 0.673. The van der Waals surface area contributed by atoms with E-state index in [2.05, 4.69) is 10.6 Å². The molecule has 0 bridgehead atoms. The van der Waals surface area contributed by atoms with E-state index in [-0.39, 0.29) is 12.6 Å². The highest BCUT2D eigenvalue weighted by Crippen LogP contribution is 2.23. The predicted molar refractivity (Wildman–Crippen MR) is 83.8 cm³/mol. The minimum atomic E-state index is -0.275. The van der Waals surface area contributed by atoms with Crippen molar-refractivity contribution in [2.75, 3.05) is 0 Å². The summed E-state index contributed by atoms with van der Waals surface area (Å²) in [6.07, 6.45) is 2.02. The molecule has 0 unspecified atom stereocenters. The normalized spacial score (nSPS) is 10.8. The fourth-order valence-corrected chi connectivity index (χ4v) is 2.40. The maximum atomic E-state index is 10.9. The molecule has 21 heavy (non-hydrogen) atoms. The van der Waals surface area contributed by atoms with Crippen LogP contribution >= 0.6 is 11.6 Å². The molecule has 0 spiro atoms. The molecule has 0 fully saturated rings. The van der Waals surface area contributed by atoms with Crippen LogP contribution in [0.4, 0.5) is 0 Å². The molecule has 0 aliphatic heterocycles. The molecule has 0 N–H and O–H groups in total. The SMILES string of the molecule is CC(=O)OCc1ccc2ccn(-c3ccc(Cl)cc3)c2c1. The molecule has 2 aromatic carbocycles. The first-order chi connectivity index (χ1) is 10.1. The molecule has 106 valence electrons. The van der Waals surface area contributed by atoms with Gasteiger partial charge in [-0.3, -0.25) is 4.79 Å². The lowest BCUT2D eigenvalue weighted by Crippen LogP contribution is -1.99. The van der Waals surface area contributed by atoms with E-state index >= 15 is 0 Å². The van der Waals surface area contributed by atoms with Gasteiger partial charge in [0.05, 0.1) is 5.52 Å². The van der Waals surface area contributed by atoms with Crippen LogP contribution in [0.5, 0.6) is 0 Å². The third kappa shape index (κ3) is 2.93. The number of hydrogen-bond acceptors (Lipinski definition) is 2. The summed E-state index contributed by atoms with van der Waals surface area (Å²) in [7, 11) is 0. The molecular weight excluding hydrogens is 286 g/mol. The summed E-state index contributed by atoms with van der Waals surface area (Å²) < 4.78 is 7.14. The largest absolute Gasteiger partial charge is 0.461 e. The molecule has 1 aromatic heterocycles. The summed E-state index contributed by atoms with van der Waals surface area (Å²) in [6, 6.07) is 15.8. The second-order valence-electron chi connectivity index (χ2n) is 4.84. The molecule has 3 aromatic rings. The molecule has 0 aliphatic carbocycles. The molecule has 1 heterocycles. The average molecular weight is 300 g/mol. The van der Waals surface area contributed by atoms with Gasteiger partial charge in [0.15, 0.2) is 0 Å². The van der Waals surface area contributed by atoms with Gasteiger partial charge < -0.3 is 9.30 Å². The fraction of sp³-hybridized carbons (Fsp3) is 0.118. The molecular formula is C17H14ClNO2. The Morgan fingerprint density at radius 3 is 2.62 bits per heavy atom. The molecule has 0 amide bonds. The summed E-state index contributed by atoms with van der Waals surface area (Å²) in [5, 5.41) is 1.85. The van der Waals surface area contributed by atoms with Crippen LogP contribution in [0.15, 0.2) is 54.7 Å². The van der Waals surface area contributed by atoms with Crippen LogP contribution in [-0.2, 0) is 16.1 Å². The van der Waals surface area contributed by atoms with Crippen molar-refractivity contribution >= 4 is 28.5 Å². The Morgan fingerprint density at radius 2 is 1.90 bits per heavy atom. The topological polar surface area (TPSA) is 31.2 Å². The van der Waals surface area contributed by atoms with Crippen molar-refractivity contribution in [2.24, 2.45) is 0 Å². The smallest absolute Gasteiger partial charge is 0.302 e. The highest BCUT2D eigenvalue weighted by Gasteiger charge is 2.05. The van der Waals surface area contributed by atoms with Crippen LogP contribution in [0.25, 0.3) is 16.6 Å². The number of esters is 1. The summed E-state index contributed by atoms with van der Waals surface area (Å²) in [5.41, 5.74) is 3.08. The molecule has 0 aliphatic rings. The van der Waals surface area contributed by atoms with Gasteiger partial charge in [0.1, 0.15) is 6.61 Å². The summed E-state index contributed by atoms with van der Waals surface area (Å²) in [6.45, 7) is 1.70. The van der Waals surface area contributed by atoms with E-state index in [1.165, 1.54) is 6.92 Å². The van der Waals surface area contributed by atoms with E-state index in [1.807, 2.05) is 48.7 Å². The van der Waals surface area contributed by atoms with E-state index < -0.39 is 0 Å². The van der Waals surface area contributed by atoms with Crippen LogP contribution < -0.4 is 0 Å². The zero-order valence-electron chi connectivity index (χ0n) is 11.5. The average Bonchev–Trinajstić information content (AvgIpc) is 2.89. The van der Waals surface area contributed by atoms with Gasteiger partial charge in [-0.15, -0.1) is 0 Å². The highest BCUT2D eigenvalue weighted by molar-refractivity contribution is 6.30. The molecule has 0 saturated carbocycles. The number of carbonyl (C=O) groups excluding carboxylic acids is 1. The molecule has 0 radical (unpaired) electrons. The molecule has 0 atom stereocenters. The van der Waals surface area contributed by atoms with Gasteiger partial charge in [-0.1, -0.05) is 23.7 Å². The Hall–Kier alpha value is -2.26. The zero-order chi connectivity index (χ0) is 14.8. The van der Waals surface area contributed by atoms with E-state index in [0.29, 0.717) is 5.02 Å². The Kier molecular flexibility index (Phi) is 3.67. The lowest BCUT2D eigenvalue weighted by molar-refractivity contribution is -0.142. The number of aromatic nitrogens is 1. The first-order valence-corrected chi connectivity index (χ1v) is 7.00. The Labute approximate surface area is 127 Å². The number of ether oxygens (including phenoxy) is 1. The van der Waals surface area contributed by atoms with Gasteiger partial charge in [0.2, 0.25) is 0 Å². The Morgan fingerprint density at radius 1 is 1.14 bits per heavy atom. The second kappa shape index (κ2) is 5.62. The highest BCUT2D eigenvalue weighted by atomic mass is 35.5. The summed E-state index contributed by atoms with van der Waals surface area (Å²) >= 11 is 5.93. The number of hydrogen-bond donors (Lipinski definition) is 0. The van der Waals surface area contributed by atoms with Crippen molar-refractivity contribution in [3.05, 3.63) is 65.3 Å². The number of carbonyl (C=O) groups is 1. The number of benzene rings is 2. The standard InChI is InChI=1S/C17H14ClNO2/c1-12(20)21-11-13-2-3-14-8-9-19(17(14)10-13)16-6-4-15(18)5-7-16/h2-10H,11H2,1H3.